The SMILES string of the molecule is Cc1cc(C)c(/C=C2\C(=O)N(CC3CCC(N)CC3)c3cc(-c4ncccn4)ccc32)[nH]1. The summed E-state index contributed by atoms with van der Waals surface area (Å²) in [5.41, 5.74) is 12.9. The van der Waals surface area contributed by atoms with Crippen LogP contribution in [0.15, 0.2) is 42.7 Å². The Morgan fingerprint density at radius 2 is 1.88 bits per heavy atom. The maximum atomic E-state index is 13.7. The standard InChI is InChI=1S/C26H29N5O/c1-16-12-17(2)30-23(16)14-22-21-9-6-19(25-28-10-3-11-29-25)13-24(21)31(26(22)32)15-18-4-7-20(27)8-5-18/h3,6,9-14,18,20,30H,4-5,7-8,15,27H2,1-2H3/b22-14-. The van der Waals surface area contributed by atoms with E-state index in [1.807, 2.05) is 36.1 Å². The molecule has 1 amide bonds. The molecule has 3 heterocycles. The van der Waals surface area contributed by atoms with E-state index in [0.29, 0.717) is 17.8 Å². The highest BCUT2D eigenvalue weighted by Gasteiger charge is 2.35. The fraction of sp³-hybridized carbons (Fsp3) is 0.346. The molecule has 1 saturated carbocycles. The van der Waals surface area contributed by atoms with E-state index in [9.17, 15) is 4.79 Å². The Bertz CT molecular complexity index is 1170. The van der Waals surface area contributed by atoms with Crippen molar-refractivity contribution >= 4 is 23.2 Å². The van der Waals surface area contributed by atoms with Crippen molar-refractivity contribution in [3.8, 4) is 11.4 Å². The van der Waals surface area contributed by atoms with Gasteiger partial charge >= 0.3 is 0 Å². The average molecular weight is 428 g/mol. The van der Waals surface area contributed by atoms with Crippen LogP contribution in [0.3, 0.4) is 0 Å². The van der Waals surface area contributed by atoms with E-state index in [2.05, 4.69) is 34.0 Å². The molecule has 2 aliphatic rings. The molecule has 1 aliphatic carbocycles. The molecule has 2 aromatic heterocycles. The second kappa shape index (κ2) is 8.36. The molecule has 164 valence electrons. The number of H-pyrrole nitrogens is 1. The summed E-state index contributed by atoms with van der Waals surface area (Å²) in [6, 6.07) is 10.3. The minimum atomic E-state index is 0.0626. The van der Waals surface area contributed by atoms with Crippen LogP contribution in [0.4, 0.5) is 5.69 Å². The third-order valence-corrected chi connectivity index (χ3v) is 6.69. The molecule has 3 N–H and O–H groups in total. The van der Waals surface area contributed by atoms with Crippen molar-refractivity contribution in [1.82, 2.24) is 15.0 Å². The lowest BCUT2D eigenvalue weighted by Crippen LogP contribution is -2.36. The Morgan fingerprint density at radius 1 is 1.12 bits per heavy atom. The maximum Gasteiger partial charge on any atom is 0.259 e. The van der Waals surface area contributed by atoms with E-state index >= 15 is 0 Å². The third kappa shape index (κ3) is 3.86. The number of aromatic nitrogens is 3. The summed E-state index contributed by atoms with van der Waals surface area (Å²) in [5.74, 6) is 1.20. The van der Waals surface area contributed by atoms with Crippen LogP contribution in [0.25, 0.3) is 23.0 Å². The van der Waals surface area contributed by atoms with Crippen LogP contribution in [-0.2, 0) is 4.79 Å². The van der Waals surface area contributed by atoms with Crippen molar-refractivity contribution in [2.45, 2.75) is 45.6 Å². The van der Waals surface area contributed by atoms with Gasteiger partial charge in [0.1, 0.15) is 0 Å². The molecule has 0 bridgehead atoms. The highest BCUT2D eigenvalue weighted by atomic mass is 16.2. The Morgan fingerprint density at radius 3 is 2.56 bits per heavy atom. The van der Waals surface area contributed by atoms with E-state index in [1.165, 1.54) is 0 Å². The zero-order chi connectivity index (χ0) is 22.2. The topological polar surface area (TPSA) is 87.9 Å². The molecule has 6 heteroatoms. The highest BCUT2D eigenvalue weighted by molar-refractivity contribution is 6.36. The Hall–Kier alpha value is -3.25. The Kier molecular flexibility index (Phi) is 5.39. The molecule has 0 spiro atoms. The third-order valence-electron chi connectivity index (χ3n) is 6.69. The molecular weight excluding hydrogens is 398 g/mol. The number of aromatic amines is 1. The van der Waals surface area contributed by atoms with Gasteiger partial charge in [-0.2, -0.15) is 0 Å². The molecule has 0 saturated heterocycles. The lowest BCUT2D eigenvalue weighted by molar-refractivity contribution is -0.113. The van der Waals surface area contributed by atoms with E-state index in [-0.39, 0.29) is 5.91 Å². The fourth-order valence-electron chi connectivity index (χ4n) is 4.93. The van der Waals surface area contributed by atoms with Crippen molar-refractivity contribution < 1.29 is 4.79 Å². The zero-order valence-corrected chi connectivity index (χ0v) is 18.6. The van der Waals surface area contributed by atoms with Gasteiger partial charge in [-0.3, -0.25) is 4.79 Å². The van der Waals surface area contributed by atoms with Gasteiger partial charge in [0, 0.05) is 47.5 Å². The molecule has 0 unspecified atom stereocenters. The zero-order valence-electron chi connectivity index (χ0n) is 18.6. The van der Waals surface area contributed by atoms with Gasteiger partial charge in [-0.05, 0) is 75.3 Å². The Balaban J connectivity index is 1.56. The number of benzene rings is 1. The first kappa shape index (κ1) is 20.6. The van der Waals surface area contributed by atoms with E-state index in [1.54, 1.807) is 12.4 Å². The van der Waals surface area contributed by atoms with Gasteiger partial charge in [0.25, 0.3) is 5.91 Å². The van der Waals surface area contributed by atoms with Gasteiger partial charge in [-0.15, -0.1) is 0 Å². The quantitative estimate of drug-likeness (QED) is 0.601. The number of anilines is 1. The molecule has 5 rings (SSSR count). The number of fused-ring (bicyclic) bond motifs is 1. The summed E-state index contributed by atoms with van der Waals surface area (Å²) < 4.78 is 0. The fourth-order valence-corrected chi connectivity index (χ4v) is 4.93. The molecule has 0 atom stereocenters. The molecule has 1 aromatic carbocycles. The predicted molar refractivity (Wildman–Crippen MR) is 128 cm³/mol. The average Bonchev–Trinajstić information content (AvgIpc) is 3.26. The summed E-state index contributed by atoms with van der Waals surface area (Å²) in [6.07, 6.45) is 9.67. The number of carbonyl (C=O) groups is 1. The number of hydrogen-bond donors (Lipinski definition) is 2. The molecule has 3 aromatic rings. The minimum Gasteiger partial charge on any atom is -0.359 e. The number of rotatable bonds is 4. The van der Waals surface area contributed by atoms with Crippen molar-refractivity contribution in [3.63, 3.8) is 0 Å². The van der Waals surface area contributed by atoms with E-state index < -0.39 is 0 Å². The van der Waals surface area contributed by atoms with Gasteiger partial charge in [-0.1, -0.05) is 12.1 Å². The van der Waals surface area contributed by atoms with Gasteiger partial charge in [0.05, 0.1) is 11.3 Å². The van der Waals surface area contributed by atoms with Crippen LogP contribution in [0, 0.1) is 19.8 Å². The summed E-state index contributed by atoms with van der Waals surface area (Å²) in [4.78, 5) is 27.8. The maximum absolute atomic E-state index is 13.7. The number of hydrogen-bond acceptors (Lipinski definition) is 4. The van der Waals surface area contributed by atoms with Crippen molar-refractivity contribution in [1.29, 1.82) is 0 Å². The lowest BCUT2D eigenvalue weighted by Gasteiger charge is -2.30. The largest absolute Gasteiger partial charge is 0.359 e. The van der Waals surface area contributed by atoms with Crippen LogP contribution >= 0.6 is 0 Å². The number of nitrogens with zero attached hydrogens (tertiary/aromatic N) is 3. The van der Waals surface area contributed by atoms with Gasteiger partial charge in [0.15, 0.2) is 5.82 Å². The summed E-state index contributed by atoms with van der Waals surface area (Å²) in [5, 5.41) is 0. The lowest BCUT2D eigenvalue weighted by atomic mass is 9.86. The molecular formula is C26H29N5O. The van der Waals surface area contributed by atoms with Gasteiger partial charge < -0.3 is 15.6 Å². The molecule has 1 aliphatic heterocycles. The normalized spacial score (nSPS) is 21.9. The number of carbonyl (C=O) groups excluding carboxylic acids is 1. The second-order valence-electron chi connectivity index (χ2n) is 9.11. The highest BCUT2D eigenvalue weighted by Crippen LogP contribution is 2.41. The first-order valence-electron chi connectivity index (χ1n) is 11.4. The smallest absolute Gasteiger partial charge is 0.259 e. The number of aryl methyl sites for hydroxylation is 2. The van der Waals surface area contributed by atoms with Crippen LogP contribution in [-0.4, -0.2) is 33.4 Å². The van der Waals surface area contributed by atoms with Crippen LogP contribution in [0.1, 0.15) is 48.2 Å². The number of nitrogens with one attached hydrogen (secondary N) is 1. The first-order valence-corrected chi connectivity index (χ1v) is 11.4. The van der Waals surface area contributed by atoms with E-state index in [4.69, 9.17) is 5.73 Å². The molecule has 6 nitrogen and oxygen atoms in total. The van der Waals surface area contributed by atoms with Crippen LogP contribution in [0.5, 0.6) is 0 Å². The molecule has 32 heavy (non-hydrogen) atoms. The number of amides is 1. The van der Waals surface area contributed by atoms with Gasteiger partial charge in [-0.25, -0.2) is 9.97 Å². The first-order chi connectivity index (χ1) is 15.5. The van der Waals surface area contributed by atoms with Gasteiger partial charge in [0.2, 0.25) is 0 Å². The summed E-state index contributed by atoms with van der Waals surface area (Å²) in [7, 11) is 0. The van der Waals surface area contributed by atoms with Crippen LogP contribution < -0.4 is 10.6 Å². The van der Waals surface area contributed by atoms with Crippen molar-refractivity contribution in [3.05, 3.63) is 65.2 Å². The van der Waals surface area contributed by atoms with Crippen molar-refractivity contribution in [2.75, 3.05) is 11.4 Å². The molecule has 1 fully saturated rings. The predicted octanol–water partition coefficient (Wildman–Crippen LogP) is 4.49. The monoisotopic (exact) mass is 427 g/mol. The van der Waals surface area contributed by atoms with Crippen molar-refractivity contribution in [2.24, 2.45) is 11.7 Å². The summed E-state index contributed by atoms with van der Waals surface area (Å²) in [6.45, 7) is 4.82. The minimum absolute atomic E-state index is 0.0626. The Labute approximate surface area is 188 Å². The summed E-state index contributed by atoms with van der Waals surface area (Å²) >= 11 is 0. The molecule has 0 radical (unpaired) electrons. The van der Waals surface area contributed by atoms with E-state index in [0.717, 1.165) is 71.6 Å². The number of nitrogens with two attached hydrogens (primary N) is 1. The second-order valence-corrected chi connectivity index (χ2v) is 9.11. The van der Waals surface area contributed by atoms with Crippen LogP contribution in [0.2, 0.25) is 0 Å².